The summed E-state index contributed by atoms with van der Waals surface area (Å²) in [6.07, 6.45) is 0. The Hall–Kier alpha value is -4.05. The average molecular weight is 509 g/mol. The van der Waals surface area contributed by atoms with Gasteiger partial charge in [0.2, 0.25) is 5.91 Å². The largest absolute Gasteiger partial charge is 0.495 e. The minimum absolute atomic E-state index is 0.0603. The van der Waals surface area contributed by atoms with E-state index >= 15 is 0 Å². The van der Waals surface area contributed by atoms with E-state index in [-0.39, 0.29) is 16.3 Å². The van der Waals surface area contributed by atoms with Crippen LogP contribution in [0.1, 0.15) is 11.1 Å². The Labute approximate surface area is 209 Å². The number of imidazole rings is 1. The SMILES string of the molecule is COc1ccc(C)cc1N(CC(=O)Nc1ccc2c(c1)n(C)c(=O)n2C)S(=O)(=O)c1ccc(C)cc1. The van der Waals surface area contributed by atoms with Gasteiger partial charge in [0.15, 0.2) is 0 Å². The zero-order valence-electron chi connectivity index (χ0n) is 20.8. The van der Waals surface area contributed by atoms with Crippen molar-refractivity contribution in [3.05, 3.63) is 82.3 Å². The topological polar surface area (TPSA) is 103 Å². The Morgan fingerprint density at radius 2 is 1.56 bits per heavy atom. The smallest absolute Gasteiger partial charge is 0.328 e. The van der Waals surface area contributed by atoms with Crippen molar-refractivity contribution in [2.45, 2.75) is 18.7 Å². The second-order valence-electron chi connectivity index (χ2n) is 8.65. The van der Waals surface area contributed by atoms with Gasteiger partial charge >= 0.3 is 5.69 Å². The third-order valence-corrected chi connectivity index (χ3v) is 7.83. The lowest BCUT2D eigenvalue weighted by Crippen LogP contribution is -2.38. The average Bonchev–Trinajstić information content (AvgIpc) is 3.06. The monoisotopic (exact) mass is 508 g/mol. The molecule has 1 N–H and O–H groups in total. The first-order valence-electron chi connectivity index (χ1n) is 11.2. The number of carbonyl (C=O) groups excluding carboxylic acids is 1. The number of aromatic nitrogens is 2. The van der Waals surface area contributed by atoms with E-state index in [1.807, 2.05) is 13.8 Å². The molecule has 0 atom stereocenters. The van der Waals surface area contributed by atoms with E-state index in [0.717, 1.165) is 15.4 Å². The summed E-state index contributed by atoms with van der Waals surface area (Å²) in [7, 11) is 0.663. The lowest BCUT2D eigenvalue weighted by atomic mass is 10.2. The second-order valence-corrected chi connectivity index (χ2v) is 10.5. The van der Waals surface area contributed by atoms with Crippen LogP contribution in [0.5, 0.6) is 5.75 Å². The van der Waals surface area contributed by atoms with Gasteiger partial charge in [0.1, 0.15) is 12.3 Å². The highest BCUT2D eigenvalue weighted by Crippen LogP contribution is 2.33. The summed E-state index contributed by atoms with van der Waals surface area (Å²) in [6, 6.07) is 16.7. The van der Waals surface area contributed by atoms with E-state index in [9.17, 15) is 18.0 Å². The Morgan fingerprint density at radius 3 is 2.22 bits per heavy atom. The highest BCUT2D eigenvalue weighted by atomic mass is 32.2. The number of benzene rings is 3. The van der Waals surface area contributed by atoms with Crippen molar-refractivity contribution < 1.29 is 17.9 Å². The Kier molecular flexibility index (Phi) is 6.64. The van der Waals surface area contributed by atoms with Crippen LogP contribution < -0.4 is 20.0 Å². The lowest BCUT2D eigenvalue weighted by molar-refractivity contribution is -0.114. The van der Waals surface area contributed by atoms with E-state index in [2.05, 4.69) is 5.32 Å². The van der Waals surface area contributed by atoms with E-state index in [0.29, 0.717) is 22.5 Å². The maximum atomic E-state index is 13.7. The molecule has 0 unspecified atom stereocenters. The summed E-state index contributed by atoms with van der Waals surface area (Å²) in [5.74, 6) is -0.223. The quantitative estimate of drug-likeness (QED) is 0.413. The molecule has 0 saturated carbocycles. The van der Waals surface area contributed by atoms with Crippen molar-refractivity contribution in [2.24, 2.45) is 14.1 Å². The number of fused-ring (bicyclic) bond motifs is 1. The number of nitrogens with one attached hydrogen (secondary N) is 1. The first kappa shape index (κ1) is 25.1. The molecular formula is C26H28N4O5S. The zero-order chi connectivity index (χ0) is 26.2. The van der Waals surface area contributed by atoms with Crippen LogP contribution in [-0.4, -0.2) is 37.1 Å². The summed E-state index contributed by atoms with van der Waals surface area (Å²) in [4.78, 5) is 25.5. The molecule has 36 heavy (non-hydrogen) atoms. The lowest BCUT2D eigenvalue weighted by Gasteiger charge is -2.26. The van der Waals surface area contributed by atoms with Crippen molar-refractivity contribution in [1.29, 1.82) is 0 Å². The number of carbonyl (C=O) groups is 1. The number of rotatable bonds is 7. The van der Waals surface area contributed by atoms with Gasteiger partial charge in [-0.25, -0.2) is 13.2 Å². The molecule has 0 aliphatic rings. The molecule has 4 aromatic rings. The van der Waals surface area contributed by atoms with Crippen LogP contribution in [0.3, 0.4) is 0 Å². The van der Waals surface area contributed by atoms with Crippen LogP contribution in [0.2, 0.25) is 0 Å². The molecule has 0 aliphatic carbocycles. The molecule has 1 amide bonds. The Morgan fingerprint density at radius 1 is 0.917 bits per heavy atom. The third kappa shape index (κ3) is 4.59. The number of hydrogen-bond donors (Lipinski definition) is 1. The number of amides is 1. The third-order valence-electron chi connectivity index (χ3n) is 6.05. The molecule has 1 aromatic heterocycles. The number of nitrogens with zero attached hydrogens (tertiary/aromatic N) is 3. The second kappa shape index (κ2) is 9.54. The zero-order valence-corrected chi connectivity index (χ0v) is 21.6. The van der Waals surface area contributed by atoms with E-state index < -0.39 is 22.5 Å². The van der Waals surface area contributed by atoms with Gasteiger partial charge in [0, 0.05) is 19.8 Å². The van der Waals surface area contributed by atoms with Crippen LogP contribution >= 0.6 is 0 Å². The molecule has 0 bridgehead atoms. The minimum atomic E-state index is -4.11. The molecule has 3 aromatic carbocycles. The van der Waals surface area contributed by atoms with Crippen LogP contribution in [-0.2, 0) is 28.9 Å². The fourth-order valence-electron chi connectivity index (χ4n) is 4.05. The summed E-state index contributed by atoms with van der Waals surface area (Å²) in [5, 5.41) is 2.76. The highest BCUT2D eigenvalue weighted by molar-refractivity contribution is 7.92. The van der Waals surface area contributed by atoms with Crippen LogP contribution in [0.4, 0.5) is 11.4 Å². The van der Waals surface area contributed by atoms with Crippen molar-refractivity contribution in [2.75, 3.05) is 23.3 Å². The molecule has 0 radical (unpaired) electrons. The highest BCUT2D eigenvalue weighted by Gasteiger charge is 2.29. The van der Waals surface area contributed by atoms with Gasteiger partial charge in [-0.05, 0) is 61.9 Å². The predicted octanol–water partition coefficient (Wildman–Crippen LogP) is 3.34. The van der Waals surface area contributed by atoms with Crippen molar-refractivity contribution in [3.8, 4) is 5.75 Å². The van der Waals surface area contributed by atoms with Gasteiger partial charge in [-0.1, -0.05) is 23.8 Å². The van der Waals surface area contributed by atoms with Crippen LogP contribution in [0.25, 0.3) is 11.0 Å². The molecule has 188 valence electrons. The number of methoxy groups -OCH3 is 1. The fourth-order valence-corrected chi connectivity index (χ4v) is 5.47. The van der Waals surface area contributed by atoms with Gasteiger partial charge in [-0.3, -0.25) is 18.2 Å². The standard InChI is InChI=1S/C26H28N4O5S/c1-17-6-10-20(11-7-17)36(33,34)30(23-14-18(2)8-13-24(23)35-5)16-25(31)27-19-9-12-21-22(15-19)29(4)26(32)28(21)3/h6-15H,16H2,1-5H3,(H,27,31). The van der Waals surface area contributed by atoms with Gasteiger partial charge < -0.3 is 10.1 Å². The number of hydrogen-bond acceptors (Lipinski definition) is 5. The Bertz CT molecular complexity index is 1620. The molecule has 1 heterocycles. The number of sulfonamides is 1. The van der Waals surface area contributed by atoms with Gasteiger partial charge in [-0.2, -0.15) is 0 Å². The molecule has 4 rings (SSSR count). The summed E-state index contributed by atoms with van der Waals surface area (Å²) in [6.45, 7) is 3.21. The molecule has 0 aliphatic heterocycles. The van der Waals surface area contributed by atoms with Crippen molar-refractivity contribution >= 4 is 38.3 Å². The fraction of sp³-hybridized carbons (Fsp3) is 0.231. The molecular weight excluding hydrogens is 480 g/mol. The molecule has 0 saturated heterocycles. The summed E-state index contributed by atoms with van der Waals surface area (Å²) < 4.78 is 36.9. The van der Waals surface area contributed by atoms with Crippen molar-refractivity contribution in [3.63, 3.8) is 0 Å². The number of aryl methyl sites for hydroxylation is 4. The van der Waals surface area contributed by atoms with Gasteiger partial charge in [0.05, 0.1) is 28.7 Å². The molecule has 10 heteroatoms. The van der Waals surface area contributed by atoms with Gasteiger partial charge in [0.25, 0.3) is 10.0 Å². The van der Waals surface area contributed by atoms with Crippen LogP contribution in [0, 0.1) is 13.8 Å². The predicted molar refractivity (Wildman–Crippen MR) is 140 cm³/mol. The Balaban J connectivity index is 1.72. The normalized spacial score (nSPS) is 11.5. The first-order valence-corrected chi connectivity index (χ1v) is 12.7. The molecule has 9 nitrogen and oxygen atoms in total. The van der Waals surface area contributed by atoms with Crippen molar-refractivity contribution in [1.82, 2.24) is 9.13 Å². The number of anilines is 2. The van der Waals surface area contributed by atoms with E-state index in [1.54, 1.807) is 62.6 Å². The first-order chi connectivity index (χ1) is 17.0. The maximum Gasteiger partial charge on any atom is 0.328 e. The summed E-state index contributed by atoms with van der Waals surface area (Å²) >= 11 is 0. The summed E-state index contributed by atoms with van der Waals surface area (Å²) in [5.41, 5.74) is 3.60. The molecule has 0 fully saturated rings. The molecule has 0 spiro atoms. The maximum absolute atomic E-state index is 13.7. The van der Waals surface area contributed by atoms with Gasteiger partial charge in [-0.15, -0.1) is 0 Å². The number of ether oxygens (including phenoxy) is 1. The van der Waals surface area contributed by atoms with E-state index in [1.165, 1.54) is 28.4 Å². The minimum Gasteiger partial charge on any atom is -0.495 e. The van der Waals surface area contributed by atoms with E-state index in [4.69, 9.17) is 4.74 Å². The van der Waals surface area contributed by atoms with Crippen LogP contribution in [0.15, 0.2) is 70.4 Å².